The Balaban J connectivity index is 1.22. The number of rotatable bonds is 7. The number of aliphatic hydroxyl groups is 1. The van der Waals surface area contributed by atoms with Crippen LogP contribution >= 0.6 is 11.6 Å². The molecule has 1 aliphatic heterocycles. The van der Waals surface area contributed by atoms with E-state index in [2.05, 4.69) is 10.6 Å². The van der Waals surface area contributed by atoms with E-state index in [1.54, 1.807) is 6.07 Å². The van der Waals surface area contributed by atoms with E-state index in [9.17, 15) is 15.0 Å². The molecule has 32 heavy (non-hydrogen) atoms. The van der Waals surface area contributed by atoms with Gasteiger partial charge in [-0.15, -0.1) is 0 Å². The van der Waals surface area contributed by atoms with E-state index in [0.717, 1.165) is 42.9 Å². The number of anilines is 1. The van der Waals surface area contributed by atoms with Crippen LogP contribution in [0.1, 0.15) is 38.2 Å². The van der Waals surface area contributed by atoms with E-state index < -0.39 is 6.10 Å². The monoisotopic (exact) mass is 460 g/mol. The van der Waals surface area contributed by atoms with Gasteiger partial charge in [-0.3, -0.25) is 4.79 Å². The Kier molecular flexibility index (Phi) is 6.79. The number of amides is 1. The number of ether oxygens (including phenoxy) is 2. The number of nitrogens with one attached hydrogen (secondary N) is 2. The summed E-state index contributed by atoms with van der Waals surface area (Å²) in [7, 11) is 0. The Labute approximate surface area is 192 Å². The van der Waals surface area contributed by atoms with Gasteiger partial charge in [0.25, 0.3) is 0 Å². The first-order chi connectivity index (χ1) is 15.3. The van der Waals surface area contributed by atoms with Crippen LogP contribution in [0, 0.1) is 0 Å². The van der Waals surface area contributed by atoms with Gasteiger partial charge >= 0.3 is 0 Å². The molecule has 2 aliphatic rings. The highest BCUT2D eigenvalue weighted by Gasteiger charge is 2.42. The van der Waals surface area contributed by atoms with Gasteiger partial charge in [-0.25, -0.2) is 0 Å². The summed E-state index contributed by atoms with van der Waals surface area (Å²) in [5.41, 5.74) is 1.50. The lowest BCUT2D eigenvalue weighted by Gasteiger charge is -2.37. The third-order valence-corrected chi connectivity index (χ3v) is 6.34. The molecule has 2 aromatic carbocycles. The second-order valence-electron chi connectivity index (χ2n) is 8.72. The molecule has 7 nitrogen and oxygen atoms in total. The smallest absolute Gasteiger partial charge is 0.221 e. The van der Waals surface area contributed by atoms with Crippen LogP contribution in [-0.2, 0) is 11.2 Å². The molecule has 1 atom stereocenters. The molecule has 1 spiro atoms. The van der Waals surface area contributed by atoms with Crippen LogP contribution in [0.5, 0.6) is 17.2 Å². The molecule has 1 fully saturated rings. The molecule has 0 bridgehead atoms. The van der Waals surface area contributed by atoms with Crippen molar-refractivity contribution in [2.24, 2.45) is 0 Å². The Morgan fingerprint density at radius 1 is 1.28 bits per heavy atom. The lowest BCUT2D eigenvalue weighted by Crippen LogP contribution is -2.46. The van der Waals surface area contributed by atoms with Crippen molar-refractivity contribution >= 4 is 23.2 Å². The van der Waals surface area contributed by atoms with E-state index in [0.29, 0.717) is 24.0 Å². The number of benzene rings is 2. The Hall–Kier alpha value is -2.48. The van der Waals surface area contributed by atoms with Gasteiger partial charge in [-0.2, -0.15) is 0 Å². The van der Waals surface area contributed by atoms with Gasteiger partial charge in [-0.1, -0.05) is 11.6 Å². The summed E-state index contributed by atoms with van der Waals surface area (Å²) in [6.45, 7) is 1.83. The average Bonchev–Trinajstić information content (AvgIpc) is 3.10. The summed E-state index contributed by atoms with van der Waals surface area (Å²) in [4.78, 5) is 11.3. The molecule has 0 aromatic heterocycles. The van der Waals surface area contributed by atoms with Gasteiger partial charge in [0.2, 0.25) is 5.91 Å². The first-order valence-corrected chi connectivity index (χ1v) is 11.3. The fourth-order valence-corrected chi connectivity index (χ4v) is 4.69. The second-order valence-corrected chi connectivity index (χ2v) is 9.16. The number of phenolic OH excluding ortho intramolecular Hbond substituents is 1. The molecule has 0 unspecified atom stereocenters. The van der Waals surface area contributed by atoms with E-state index in [1.807, 2.05) is 18.2 Å². The average molecular weight is 461 g/mol. The fourth-order valence-electron chi connectivity index (χ4n) is 4.50. The molecular weight excluding hydrogens is 432 g/mol. The Morgan fingerprint density at radius 2 is 2.06 bits per heavy atom. The predicted molar refractivity (Wildman–Crippen MR) is 123 cm³/mol. The van der Waals surface area contributed by atoms with Crippen LogP contribution < -0.4 is 20.1 Å². The van der Waals surface area contributed by atoms with Crippen LogP contribution in [0.25, 0.3) is 0 Å². The SMILES string of the molecule is CC(=O)Nc1ccc(O)cc1OC[C@@H](O)CNC1CCC2(CC1)Cc1cc(Cl)ccc1O2. The van der Waals surface area contributed by atoms with Crippen molar-refractivity contribution in [3.8, 4) is 17.2 Å². The minimum Gasteiger partial charge on any atom is -0.508 e. The molecule has 1 saturated carbocycles. The Bertz CT molecular complexity index is 975. The standard InChI is InChI=1S/C24H29ClN2O5/c1-15(28)27-21-4-3-19(29)11-23(21)31-14-20(30)13-26-18-6-8-24(9-7-18)12-16-10-17(25)2-5-22(16)32-24/h2-5,10-11,18,20,26,29-30H,6-9,12-14H2,1H3,(H,27,28)/t18?,20-,24?/m0/s1. The maximum absolute atomic E-state index is 11.3. The van der Waals surface area contributed by atoms with Crippen LogP contribution in [0.15, 0.2) is 36.4 Å². The van der Waals surface area contributed by atoms with Crippen molar-refractivity contribution in [3.05, 3.63) is 47.0 Å². The summed E-state index contributed by atoms with van der Waals surface area (Å²) in [6, 6.07) is 10.6. The van der Waals surface area contributed by atoms with Crippen LogP contribution in [0.4, 0.5) is 5.69 Å². The van der Waals surface area contributed by atoms with Crippen molar-refractivity contribution in [2.75, 3.05) is 18.5 Å². The molecule has 1 heterocycles. The molecule has 4 N–H and O–H groups in total. The van der Waals surface area contributed by atoms with Crippen LogP contribution in [0.3, 0.4) is 0 Å². The molecule has 4 rings (SSSR count). The second kappa shape index (κ2) is 9.57. The van der Waals surface area contributed by atoms with Gasteiger partial charge in [0.1, 0.15) is 35.6 Å². The number of aromatic hydroxyl groups is 1. The molecule has 0 radical (unpaired) electrons. The molecule has 2 aromatic rings. The summed E-state index contributed by atoms with van der Waals surface area (Å²) >= 11 is 6.12. The van der Waals surface area contributed by atoms with E-state index >= 15 is 0 Å². The minimum atomic E-state index is -0.729. The van der Waals surface area contributed by atoms with Crippen molar-refractivity contribution in [3.63, 3.8) is 0 Å². The molecule has 1 amide bonds. The van der Waals surface area contributed by atoms with Gasteiger partial charge in [-0.05, 0) is 61.6 Å². The van der Waals surface area contributed by atoms with Gasteiger partial charge in [0.05, 0.1) is 5.69 Å². The number of carbonyl (C=O) groups excluding carboxylic acids is 1. The highest BCUT2D eigenvalue weighted by molar-refractivity contribution is 6.30. The quantitative estimate of drug-likeness (QED) is 0.471. The summed E-state index contributed by atoms with van der Waals surface area (Å²) in [5.74, 6) is 1.04. The molecular formula is C24H29ClN2O5. The highest BCUT2D eigenvalue weighted by atomic mass is 35.5. The van der Waals surface area contributed by atoms with Gasteiger partial charge in [0.15, 0.2) is 0 Å². The first kappa shape index (κ1) is 22.7. The van der Waals surface area contributed by atoms with Crippen LogP contribution in [-0.4, -0.2) is 47.0 Å². The molecule has 172 valence electrons. The lowest BCUT2D eigenvalue weighted by atomic mass is 9.79. The summed E-state index contributed by atoms with van der Waals surface area (Å²) in [5, 5.41) is 26.9. The summed E-state index contributed by atoms with van der Waals surface area (Å²) in [6.07, 6.45) is 4.00. The van der Waals surface area contributed by atoms with E-state index in [1.165, 1.54) is 24.6 Å². The Morgan fingerprint density at radius 3 is 2.81 bits per heavy atom. The number of phenols is 1. The lowest BCUT2D eigenvalue weighted by molar-refractivity contribution is -0.114. The largest absolute Gasteiger partial charge is 0.508 e. The van der Waals surface area contributed by atoms with E-state index in [-0.39, 0.29) is 23.9 Å². The number of hydrogen-bond donors (Lipinski definition) is 4. The van der Waals surface area contributed by atoms with Crippen molar-refractivity contribution in [1.29, 1.82) is 0 Å². The van der Waals surface area contributed by atoms with Crippen LogP contribution in [0.2, 0.25) is 5.02 Å². The molecule has 8 heteroatoms. The zero-order chi connectivity index (χ0) is 22.7. The minimum absolute atomic E-state index is 0.0244. The van der Waals surface area contributed by atoms with Crippen molar-refractivity contribution < 1.29 is 24.5 Å². The number of aliphatic hydroxyl groups excluding tert-OH is 1. The fraction of sp³-hybridized carbons (Fsp3) is 0.458. The first-order valence-electron chi connectivity index (χ1n) is 10.9. The number of carbonyl (C=O) groups is 1. The highest BCUT2D eigenvalue weighted by Crippen LogP contribution is 2.44. The van der Waals surface area contributed by atoms with E-state index in [4.69, 9.17) is 21.1 Å². The predicted octanol–water partition coefficient (Wildman–Crippen LogP) is 3.65. The molecule has 1 aliphatic carbocycles. The molecule has 0 saturated heterocycles. The third kappa shape index (κ3) is 5.46. The van der Waals surface area contributed by atoms with Crippen molar-refractivity contribution in [1.82, 2.24) is 5.32 Å². The normalized spacial score (nSPS) is 22.8. The zero-order valence-electron chi connectivity index (χ0n) is 18.1. The van der Waals surface area contributed by atoms with Gasteiger partial charge < -0.3 is 30.3 Å². The third-order valence-electron chi connectivity index (χ3n) is 6.11. The zero-order valence-corrected chi connectivity index (χ0v) is 18.8. The maximum atomic E-state index is 11.3. The number of fused-ring (bicyclic) bond motifs is 1. The van der Waals surface area contributed by atoms with Gasteiger partial charge in [0, 0.05) is 37.0 Å². The van der Waals surface area contributed by atoms with Crippen molar-refractivity contribution in [2.45, 2.75) is 56.8 Å². The maximum Gasteiger partial charge on any atom is 0.221 e. The number of hydrogen-bond acceptors (Lipinski definition) is 6. The number of halogens is 1. The summed E-state index contributed by atoms with van der Waals surface area (Å²) < 4.78 is 11.9. The topological polar surface area (TPSA) is 100 Å².